The van der Waals surface area contributed by atoms with Crippen LogP contribution in [0.4, 0.5) is 0 Å². The molecule has 2 aromatic rings. The second-order valence-electron chi connectivity index (χ2n) is 3.70. The van der Waals surface area contributed by atoms with Crippen LogP contribution in [0.15, 0.2) is 42.5 Å². The van der Waals surface area contributed by atoms with Crippen LogP contribution >= 0.6 is 11.6 Å². The van der Waals surface area contributed by atoms with Gasteiger partial charge in [-0.3, -0.25) is 4.79 Å². The number of hydrogen-bond donors (Lipinski definition) is 0. The molecular formula is C14H11ClO. The van der Waals surface area contributed by atoms with Gasteiger partial charge in [-0.1, -0.05) is 48.0 Å². The van der Waals surface area contributed by atoms with E-state index in [0.717, 1.165) is 28.0 Å². The van der Waals surface area contributed by atoms with Gasteiger partial charge in [0.2, 0.25) is 0 Å². The maximum atomic E-state index is 10.5. The van der Waals surface area contributed by atoms with Gasteiger partial charge in [0.25, 0.3) is 0 Å². The summed E-state index contributed by atoms with van der Waals surface area (Å²) in [6.07, 6.45) is 0.839. The van der Waals surface area contributed by atoms with Crippen molar-refractivity contribution in [3.63, 3.8) is 0 Å². The van der Waals surface area contributed by atoms with Crippen molar-refractivity contribution in [3.05, 3.63) is 58.6 Å². The van der Waals surface area contributed by atoms with Gasteiger partial charge in [0.05, 0.1) is 0 Å². The molecule has 2 heteroatoms. The summed E-state index contributed by atoms with van der Waals surface area (Å²) in [5.41, 5.74) is 3.87. The van der Waals surface area contributed by atoms with Crippen LogP contribution in [0, 0.1) is 6.92 Å². The van der Waals surface area contributed by atoms with Crippen LogP contribution in [0.3, 0.4) is 0 Å². The number of carbonyl (C=O) groups is 1. The third-order valence-electron chi connectivity index (χ3n) is 2.55. The average Bonchev–Trinajstić information content (AvgIpc) is 2.33. The molecule has 0 unspecified atom stereocenters. The third-order valence-corrected chi connectivity index (χ3v) is 2.96. The van der Waals surface area contributed by atoms with E-state index in [4.69, 9.17) is 11.6 Å². The summed E-state index contributed by atoms with van der Waals surface area (Å²) < 4.78 is 0. The van der Waals surface area contributed by atoms with Gasteiger partial charge >= 0.3 is 0 Å². The predicted molar refractivity (Wildman–Crippen MR) is 67.0 cm³/mol. The van der Waals surface area contributed by atoms with Crippen molar-refractivity contribution in [1.82, 2.24) is 0 Å². The molecule has 2 aromatic carbocycles. The summed E-state index contributed by atoms with van der Waals surface area (Å²) >= 11 is 6.07. The van der Waals surface area contributed by atoms with Crippen LogP contribution < -0.4 is 0 Å². The van der Waals surface area contributed by atoms with E-state index in [1.807, 2.05) is 37.3 Å². The lowest BCUT2D eigenvalue weighted by atomic mass is 10.0. The second-order valence-corrected chi connectivity index (χ2v) is 4.11. The van der Waals surface area contributed by atoms with Crippen LogP contribution in [0.1, 0.15) is 15.9 Å². The molecule has 0 saturated carbocycles. The topological polar surface area (TPSA) is 17.1 Å². The van der Waals surface area contributed by atoms with Crippen LogP contribution in [0.5, 0.6) is 0 Å². The molecule has 0 aromatic heterocycles. The van der Waals surface area contributed by atoms with E-state index in [1.165, 1.54) is 0 Å². The van der Waals surface area contributed by atoms with Crippen LogP contribution in [-0.4, -0.2) is 6.29 Å². The van der Waals surface area contributed by atoms with Gasteiger partial charge in [0, 0.05) is 10.6 Å². The highest BCUT2D eigenvalue weighted by molar-refractivity contribution is 6.31. The minimum absolute atomic E-state index is 0.682. The maximum absolute atomic E-state index is 10.5. The van der Waals surface area contributed by atoms with Gasteiger partial charge in [-0.2, -0.15) is 0 Å². The van der Waals surface area contributed by atoms with Crippen LogP contribution in [-0.2, 0) is 0 Å². The largest absolute Gasteiger partial charge is 0.298 e. The Morgan fingerprint density at radius 3 is 2.19 bits per heavy atom. The zero-order chi connectivity index (χ0) is 11.5. The van der Waals surface area contributed by atoms with Crippen molar-refractivity contribution in [2.24, 2.45) is 0 Å². The maximum Gasteiger partial charge on any atom is 0.150 e. The van der Waals surface area contributed by atoms with Crippen molar-refractivity contribution in [2.45, 2.75) is 6.92 Å². The fraction of sp³-hybridized carbons (Fsp3) is 0.0714. The molecule has 0 fully saturated rings. The Morgan fingerprint density at radius 1 is 1.00 bits per heavy atom. The first kappa shape index (κ1) is 10.9. The lowest BCUT2D eigenvalue weighted by Gasteiger charge is -2.04. The monoisotopic (exact) mass is 230 g/mol. The first-order valence-electron chi connectivity index (χ1n) is 5.02. The smallest absolute Gasteiger partial charge is 0.150 e. The number of rotatable bonds is 2. The zero-order valence-corrected chi connectivity index (χ0v) is 9.66. The molecule has 0 spiro atoms. The standard InChI is InChI=1S/C14H11ClO/c1-10-2-5-13(8-14(10)15)12-6-3-11(9-16)4-7-12/h2-9H,1H3. The fourth-order valence-corrected chi connectivity index (χ4v) is 1.71. The molecule has 80 valence electrons. The van der Waals surface area contributed by atoms with E-state index in [1.54, 1.807) is 12.1 Å². The van der Waals surface area contributed by atoms with E-state index in [0.29, 0.717) is 5.56 Å². The summed E-state index contributed by atoms with van der Waals surface area (Å²) in [4.78, 5) is 10.5. The normalized spacial score (nSPS) is 10.1. The SMILES string of the molecule is Cc1ccc(-c2ccc(C=O)cc2)cc1Cl. The molecule has 0 amide bonds. The fourth-order valence-electron chi connectivity index (χ4n) is 1.53. The Kier molecular flexibility index (Phi) is 3.07. The molecule has 0 aliphatic carbocycles. The molecule has 0 aliphatic rings. The molecule has 0 bridgehead atoms. The first-order valence-corrected chi connectivity index (χ1v) is 5.40. The Morgan fingerprint density at radius 2 is 1.62 bits per heavy atom. The molecule has 0 radical (unpaired) electrons. The number of aldehydes is 1. The number of halogens is 1. The Hall–Kier alpha value is -1.60. The predicted octanol–water partition coefficient (Wildman–Crippen LogP) is 4.13. The lowest BCUT2D eigenvalue weighted by Crippen LogP contribution is -1.82. The zero-order valence-electron chi connectivity index (χ0n) is 8.91. The summed E-state index contributed by atoms with van der Waals surface area (Å²) in [6.45, 7) is 1.97. The summed E-state index contributed by atoms with van der Waals surface area (Å²) in [5, 5.41) is 0.761. The van der Waals surface area contributed by atoms with Gasteiger partial charge in [-0.05, 0) is 29.7 Å². The van der Waals surface area contributed by atoms with Crippen molar-refractivity contribution in [3.8, 4) is 11.1 Å². The van der Waals surface area contributed by atoms with Gasteiger partial charge < -0.3 is 0 Å². The van der Waals surface area contributed by atoms with E-state index in [9.17, 15) is 4.79 Å². The Balaban J connectivity index is 2.42. The van der Waals surface area contributed by atoms with Crippen molar-refractivity contribution >= 4 is 17.9 Å². The molecule has 0 heterocycles. The Bertz CT molecular complexity index is 515. The highest BCUT2D eigenvalue weighted by Gasteiger charge is 2.00. The van der Waals surface area contributed by atoms with Gasteiger partial charge in [-0.15, -0.1) is 0 Å². The molecule has 0 atom stereocenters. The molecule has 0 saturated heterocycles. The van der Waals surface area contributed by atoms with Crippen molar-refractivity contribution in [1.29, 1.82) is 0 Å². The number of hydrogen-bond acceptors (Lipinski definition) is 1. The van der Waals surface area contributed by atoms with Crippen LogP contribution in [0.2, 0.25) is 5.02 Å². The molecular weight excluding hydrogens is 220 g/mol. The third kappa shape index (κ3) is 2.15. The van der Waals surface area contributed by atoms with E-state index in [-0.39, 0.29) is 0 Å². The lowest BCUT2D eigenvalue weighted by molar-refractivity contribution is 0.112. The number of aryl methyl sites for hydroxylation is 1. The first-order chi connectivity index (χ1) is 7.70. The number of carbonyl (C=O) groups excluding carboxylic acids is 1. The van der Waals surface area contributed by atoms with E-state index >= 15 is 0 Å². The quantitative estimate of drug-likeness (QED) is 0.709. The molecule has 0 N–H and O–H groups in total. The summed E-state index contributed by atoms with van der Waals surface area (Å²) in [7, 11) is 0. The van der Waals surface area contributed by atoms with Crippen molar-refractivity contribution < 1.29 is 4.79 Å². The molecule has 16 heavy (non-hydrogen) atoms. The van der Waals surface area contributed by atoms with Crippen LogP contribution in [0.25, 0.3) is 11.1 Å². The molecule has 2 rings (SSSR count). The summed E-state index contributed by atoms with van der Waals surface area (Å²) in [6, 6.07) is 13.4. The second kappa shape index (κ2) is 4.50. The van der Waals surface area contributed by atoms with Gasteiger partial charge in [0.1, 0.15) is 6.29 Å². The molecule has 1 nitrogen and oxygen atoms in total. The minimum atomic E-state index is 0.682. The highest BCUT2D eigenvalue weighted by Crippen LogP contribution is 2.25. The van der Waals surface area contributed by atoms with Gasteiger partial charge in [0.15, 0.2) is 0 Å². The van der Waals surface area contributed by atoms with E-state index in [2.05, 4.69) is 0 Å². The minimum Gasteiger partial charge on any atom is -0.298 e. The van der Waals surface area contributed by atoms with E-state index < -0.39 is 0 Å². The number of benzene rings is 2. The Labute approximate surface area is 99.7 Å². The van der Waals surface area contributed by atoms with Gasteiger partial charge in [-0.25, -0.2) is 0 Å². The average molecular weight is 231 g/mol. The molecule has 0 aliphatic heterocycles. The summed E-state index contributed by atoms with van der Waals surface area (Å²) in [5.74, 6) is 0. The highest BCUT2D eigenvalue weighted by atomic mass is 35.5. The van der Waals surface area contributed by atoms with Crippen molar-refractivity contribution in [2.75, 3.05) is 0 Å².